The normalized spacial score (nSPS) is 11.2. The molecule has 0 unspecified atom stereocenters. The third-order valence-electron chi connectivity index (χ3n) is 2.68. The van der Waals surface area contributed by atoms with E-state index in [2.05, 4.69) is 13.2 Å². The molecule has 1 heterocycles. The monoisotopic (exact) mass is 409 g/mol. The number of halogens is 1. The van der Waals surface area contributed by atoms with Gasteiger partial charge in [0, 0.05) is 19.2 Å². The molecule has 1 aromatic carbocycles. The second-order valence-corrected chi connectivity index (χ2v) is 6.30. The van der Waals surface area contributed by atoms with Crippen molar-refractivity contribution in [2.75, 3.05) is 22.0 Å². The van der Waals surface area contributed by atoms with E-state index >= 15 is 0 Å². The standard InChI is InChI=1S/C11H12IN3O4S/c1-15(11-5-6-19-14-11)20(16,17)8-3-4-9(13-12)10(7-8)18-2/h3-7,13H,1-2H3. The van der Waals surface area contributed by atoms with Gasteiger partial charge < -0.3 is 12.8 Å². The molecule has 0 spiro atoms. The molecule has 20 heavy (non-hydrogen) atoms. The van der Waals surface area contributed by atoms with Crippen LogP contribution in [0, 0.1) is 0 Å². The summed E-state index contributed by atoms with van der Waals surface area (Å²) in [6, 6.07) is 6.05. The van der Waals surface area contributed by atoms with E-state index in [0.717, 1.165) is 4.31 Å². The summed E-state index contributed by atoms with van der Waals surface area (Å²) in [6.45, 7) is 0. The predicted octanol–water partition coefficient (Wildman–Crippen LogP) is 2.27. The molecule has 0 saturated carbocycles. The van der Waals surface area contributed by atoms with Gasteiger partial charge in [-0.25, -0.2) is 8.42 Å². The molecular weight excluding hydrogens is 397 g/mol. The Kier molecular flexibility index (Phi) is 4.38. The number of hydrogen-bond donors (Lipinski definition) is 1. The second-order valence-electron chi connectivity index (χ2n) is 3.79. The maximum absolute atomic E-state index is 12.5. The molecular formula is C11H12IN3O4S. The molecule has 1 N–H and O–H groups in total. The minimum absolute atomic E-state index is 0.107. The summed E-state index contributed by atoms with van der Waals surface area (Å²) >= 11 is 1.94. The van der Waals surface area contributed by atoms with E-state index in [1.165, 1.54) is 38.6 Å². The zero-order valence-corrected chi connectivity index (χ0v) is 13.7. The fourth-order valence-corrected chi connectivity index (χ4v) is 3.16. The summed E-state index contributed by atoms with van der Waals surface area (Å²) in [5.74, 6) is 0.647. The predicted molar refractivity (Wildman–Crippen MR) is 82.7 cm³/mol. The number of aromatic nitrogens is 1. The third-order valence-corrected chi connectivity index (χ3v) is 5.02. The van der Waals surface area contributed by atoms with Crippen molar-refractivity contribution in [2.24, 2.45) is 0 Å². The van der Waals surface area contributed by atoms with Crippen molar-refractivity contribution in [3.8, 4) is 5.75 Å². The first-order valence-corrected chi connectivity index (χ1v) is 7.96. The van der Waals surface area contributed by atoms with Crippen LogP contribution in [0.25, 0.3) is 0 Å². The van der Waals surface area contributed by atoms with Gasteiger partial charge in [-0.05, 0) is 12.1 Å². The first kappa shape index (κ1) is 14.9. The first-order valence-electron chi connectivity index (χ1n) is 5.44. The summed E-state index contributed by atoms with van der Waals surface area (Å²) in [5, 5.41) is 3.61. The molecule has 7 nitrogen and oxygen atoms in total. The number of methoxy groups -OCH3 is 1. The van der Waals surface area contributed by atoms with Gasteiger partial charge in [-0.15, -0.1) is 0 Å². The Bertz CT molecular complexity index is 688. The Balaban J connectivity index is 2.44. The number of nitrogens with zero attached hydrogens (tertiary/aromatic N) is 2. The Hall–Kier alpha value is -1.49. The SMILES string of the molecule is COc1cc(S(=O)(=O)N(C)c2ccon2)ccc1NI. The summed E-state index contributed by atoms with van der Waals surface area (Å²) in [6.07, 6.45) is 1.31. The van der Waals surface area contributed by atoms with Crippen molar-refractivity contribution in [3.63, 3.8) is 0 Å². The minimum Gasteiger partial charge on any atom is -0.495 e. The molecule has 0 amide bonds. The van der Waals surface area contributed by atoms with Crippen molar-refractivity contribution >= 4 is 44.4 Å². The summed E-state index contributed by atoms with van der Waals surface area (Å²) in [7, 11) is -0.835. The molecule has 0 saturated heterocycles. The number of sulfonamides is 1. The average Bonchev–Trinajstić information content (AvgIpc) is 2.99. The third kappa shape index (κ3) is 2.68. The zero-order chi connectivity index (χ0) is 14.8. The van der Waals surface area contributed by atoms with Crippen LogP contribution in [0.15, 0.2) is 39.9 Å². The van der Waals surface area contributed by atoms with Crippen LogP contribution in [-0.2, 0) is 10.0 Å². The fourth-order valence-electron chi connectivity index (χ4n) is 1.56. The molecule has 1 aromatic heterocycles. The van der Waals surface area contributed by atoms with E-state index in [-0.39, 0.29) is 10.7 Å². The number of hydrogen-bond acceptors (Lipinski definition) is 6. The van der Waals surface area contributed by atoms with Crippen LogP contribution >= 0.6 is 22.9 Å². The van der Waals surface area contributed by atoms with Crippen molar-refractivity contribution in [3.05, 3.63) is 30.5 Å². The van der Waals surface area contributed by atoms with Gasteiger partial charge in [0.1, 0.15) is 12.0 Å². The lowest BCUT2D eigenvalue weighted by molar-refractivity contribution is 0.415. The molecule has 0 aliphatic rings. The van der Waals surface area contributed by atoms with Gasteiger partial charge >= 0.3 is 0 Å². The van der Waals surface area contributed by atoms with Gasteiger partial charge in [-0.2, -0.15) is 0 Å². The highest BCUT2D eigenvalue weighted by molar-refractivity contribution is 14.1. The van der Waals surface area contributed by atoms with Crippen LogP contribution in [0.4, 0.5) is 11.5 Å². The molecule has 2 rings (SSSR count). The number of ether oxygens (including phenoxy) is 1. The second kappa shape index (κ2) is 5.87. The van der Waals surface area contributed by atoms with Crippen molar-refractivity contribution in [2.45, 2.75) is 4.90 Å². The largest absolute Gasteiger partial charge is 0.495 e. The van der Waals surface area contributed by atoms with E-state index in [9.17, 15) is 8.42 Å². The Labute approximate surface area is 130 Å². The Morgan fingerprint density at radius 1 is 1.40 bits per heavy atom. The summed E-state index contributed by atoms with van der Waals surface area (Å²) < 4.78 is 38.7. The average molecular weight is 409 g/mol. The lowest BCUT2D eigenvalue weighted by atomic mass is 10.3. The van der Waals surface area contributed by atoms with Crippen LogP contribution in [0.3, 0.4) is 0 Å². The van der Waals surface area contributed by atoms with Gasteiger partial charge in [0.15, 0.2) is 5.82 Å². The van der Waals surface area contributed by atoms with Gasteiger partial charge in [0.05, 0.1) is 40.6 Å². The highest BCUT2D eigenvalue weighted by Gasteiger charge is 2.24. The maximum atomic E-state index is 12.5. The molecule has 0 radical (unpaired) electrons. The zero-order valence-electron chi connectivity index (χ0n) is 10.7. The topological polar surface area (TPSA) is 84.7 Å². The van der Waals surface area contributed by atoms with E-state index in [1.807, 2.05) is 22.9 Å². The van der Waals surface area contributed by atoms with Crippen molar-refractivity contribution in [1.82, 2.24) is 5.16 Å². The number of benzene rings is 1. The smallest absolute Gasteiger partial charge is 0.265 e. The number of anilines is 2. The minimum atomic E-state index is -3.72. The molecule has 0 atom stereocenters. The quantitative estimate of drug-likeness (QED) is 0.603. The molecule has 9 heteroatoms. The highest BCUT2D eigenvalue weighted by atomic mass is 127. The van der Waals surface area contributed by atoms with Crippen LogP contribution in [0.5, 0.6) is 5.75 Å². The lowest BCUT2D eigenvalue weighted by Gasteiger charge is -2.17. The summed E-state index contributed by atoms with van der Waals surface area (Å²) in [4.78, 5) is 0.107. The maximum Gasteiger partial charge on any atom is 0.265 e. The van der Waals surface area contributed by atoms with Crippen molar-refractivity contribution < 1.29 is 17.7 Å². The molecule has 2 aromatic rings. The van der Waals surface area contributed by atoms with E-state index in [4.69, 9.17) is 4.74 Å². The van der Waals surface area contributed by atoms with Crippen LogP contribution < -0.4 is 12.6 Å². The number of nitrogens with one attached hydrogen (secondary N) is 1. The lowest BCUT2D eigenvalue weighted by Crippen LogP contribution is -2.26. The molecule has 108 valence electrons. The molecule has 0 aliphatic carbocycles. The highest BCUT2D eigenvalue weighted by Crippen LogP contribution is 2.30. The first-order chi connectivity index (χ1) is 9.50. The molecule has 0 fully saturated rings. The van der Waals surface area contributed by atoms with Gasteiger partial charge in [0.2, 0.25) is 0 Å². The number of rotatable bonds is 5. The Morgan fingerprint density at radius 3 is 2.70 bits per heavy atom. The molecule has 0 aliphatic heterocycles. The fraction of sp³-hybridized carbons (Fsp3) is 0.182. The van der Waals surface area contributed by atoms with E-state index in [0.29, 0.717) is 11.4 Å². The molecule has 0 bridgehead atoms. The van der Waals surface area contributed by atoms with Crippen LogP contribution in [-0.4, -0.2) is 27.7 Å². The van der Waals surface area contributed by atoms with Gasteiger partial charge in [-0.1, -0.05) is 5.16 Å². The van der Waals surface area contributed by atoms with E-state index < -0.39 is 10.0 Å². The van der Waals surface area contributed by atoms with Crippen molar-refractivity contribution in [1.29, 1.82) is 0 Å². The van der Waals surface area contributed by atoms with Crippen LogP contribution in [0.2, 0.25) is 0 Å². The Morgan fingerprint density at radius 2 is 2.15 bits per heavy atom. The van der Waals surface area contributed by atoms with Gasteiger partial charge in [-0.3, -0.25) is 4.31 Å². The van der Waals surface area contributed by atoms with Gasteiger partial charge in [0.25, 0.3) is 10.0 Å². The van der Waals surface area contributed by atoms with E-state index in [1.54, 1.807) is 6.07 Å². The van der Waals surface area contributed by atoms with Crippen LogP contribution in [0.1, 0.15) is 0 Å². The summed E-state index contributed by atoms with van der Waals surface area (Å²) in [5.41, 5.74) is 0.691.